The first-order chi connectivity index (χ1) is 12.0. The van der Waals surface area contributed by atoms with Crippen LogP contribution in [0.5, 0.6) is 0 Å². The van der Waals surface area contributed by atoms with Crippen LogP contribution in [0, 0.1) is 0 Å². The van der Waals surface area contributed by atoms with E-state index in [1.165, 1.54) is 30.6 Å². The lowest BCUT2D eigenvalue weighted by atomic mass is 10.2. The maximum atomic E-state index is 12.0. The molecule has 0 unspecified atom stereocenters. The van der Waals surface area contributed by atoms with Crippen LogP contribution in [0.1, 0.15) is 20.7 Å². The molecule has 0 fully saturated rings. The molecule has 0 aliphatic carbocycles. The summed E-state index contributed by atoms with van der Waals surface area (Å²) < 4.78 is 4.97. The third kappa shape index (κ3) is 3.81. The van der Waals surface area contributed by atoms with Crippen molar-refractivity contribution in [2.45, 2.75) is 0 Å². The fourth-order valence-electron chi connectivity index (χ4n) is 2.17. The fourth-order valence-corrected chi connectivity index (χ4v) is 2.17. The Hall–Kier alpha value is -3.68. The van der Waals surface area contributed by atoms with Gasteiger partial charge in [0.1, 0.15) is 0 Å². The molecule has 0 aliphatic heterocycles. The number of aromatic nitrogens is 2. The van der Waals surface area contributed by atoms with Crippen LogP contribution in [0.3, 0.4) is 0 Å². The number of aromatic carboxylic acids is 1. The van der Waals surface area contributed by atoms with Crippen LogP contribution in [-0.2, 0) is 9.53 Å². The van der Waals surface area contributed by atoms with E-state index in [2.05, 4.69) is 15.3 Å². The van der Waals surface area contributed by atoms with Crippen molar-refractivity contribution in [1.82, 2.24) is 9.97 Å². The van der Waals surface area contributed by atoms with E-state index in [1.807, 2.05) is 0 Å². The Balaban J connectivity index is 1.56. The van der Waals surface area contributed by atoms with E-state index in [1.54, 1.807) is 18.2 Å². The number of nitrogens with zero attached hydrogens (tertiary/aromatic N) is 1. The first-order valence-electron chi connectivity index (χ1n) is 7.26. The molecule has 0 aliphatic rings. The second kappa shape index (κ2) is 6.83. The third-order valence-electron chi connectivity index (χ3n) is 3.41. The lowest BCUT2D eigenvalue weighted by Gasteiger charge is -2.07. The van der Waals surface area contributed by atoms with Gasteiger partial charge in [0.05, 0.1) is 28.5 Å². The van der Waals surface area contributed by atoms with Crippen molar-refractivity contribution in [2.24, 2.45) is 0 Å². The summed E-state index contributed by atoms with van der Waals surface area (Å²) in [6.45, 7) is -0.458. The van der Waals surface area contributed by atoms with E-state index < -0.39 is 24.5 Å². The van der Waals surface area contributed by atoms with Gasteiger partial charge in [-0.15, -0.1) is 0 Å². The van der Waals surface area contributed by atoms with Crippen LogP contribution in [0.15, 0.2) is 48.8 Å². The van der Waals surface area contributed by atoms with E-state index in [9.17, 15) is 14.4 Å². The molecule has 3 aromatic rings. The van der Waals surface area contributed by atoms with Crippen molar-refractivity contribution in [3.05, 3.63) is 59.9 Å². The topological polar surface area (TPSA) is 121 Å². The number of carbonyl (C=O) groups is 3. The highest BCUT2D eigenvalue weighted by atomic mass is 16.5. The summed E-state index contributed by atoms with van der Waals surface area (Å²) in [6.07, 6.45) is 1.52. The smallest absolute Gasteiger partial charge is 0.338 e. The minimum absolute atomic E-state index is 0.110. The zero-order chi connectivity index (χ0) is 17.8. The standard InChI is InChI=1S/C17H13N3O5/c21-15(20-12-4-1-10(2-5-12)16(22)23)8-25-17(24)11-3-6-13-14(7-11)19-9-18-13/h1-7,9H,8H2,(H,18,19)(H,20,21)(H,22,23). The Kier molecular flexibility index (Phi) is 4.42. The number of nitrogens with one attached hydrogen (secondary N) is 2. The van der Waals surface area contributed by atoms with Crippen LogP contribution in [-0.4, -0.2) is 39.5 Å². The van der Waals surface area contributed by atoms with Gasteiger partial charge in [-0.05, 0) is 42.5 Å². The molecule has 0 atom stereocenters. The molecule has 1 aromatic heterocycles. The molecular formula is C17H13N3O5. The normalized spacial score (nSPS) is 10.4. The van der Waals surface area contributed by atoms with E-state index >= 15 is 0 Å². The Morgan fingerprint density at radius 2 is 1.80 bits per heavy atom. The maximum absolute atomic E-state index is 12.0. The van der Waals surface area contributed by atoms with Gasteiger partial charge in [0.25, 0.3) is 5.91 Å². The number of imidazole rings is 1. The van der Waals surface area contributed by atoms with E-state index in [4.69, 9.17) is 9.84 Å². The average molecular weight is 339 g/mol. The van der Waals surface area contributed by atoms with Gasteiger partial charge in [0.15, 0.2) is 6.61 Å². The van der Waals surface area contributed by atoms with Crippen LogP contribution in [0.4, 0.5) is 5.69 Å². The zero-order valence-corrected chi connectivity index (χ0v) is 12.9. The zero-order valence-electron chi connectivity index (χ0n) is 12.9. The second-order valence-electron chi connectivity index (χ2n) is 5.14. The van der Waals surface area contributed by atoms with Crippen molar-refractivity contribution in [3.8, 4) is 0 Å². The summed E-state index contributed by atoms with van der Waals surface area (Å²) in [4.78, 5) is 41.5. The van der Waals surface area contributed by atoms with Gasteiger partial charge in [-0.1, -0.05) is 0 Å². The molecule has 25 heavy (non-hydrogen) atoms. The number of ether oxygens (including phenoxy) is 1. The van der Waals surface area contributed by atoms with Crippen molar-refractivity contribution >= 4 is 34.6 Å². The number of benzene rings is 2. The summed E-state index contributed by atoms with van der Waals surface area (Å²) in [7, 11) is 0. The number of carbonyl (C=O) groups excluding carboxylic acids is 2. The monoisotopic (exact) mass is 339 g/mol. The molecule has 0 saturated carbocycles. The summed E-state index contributed by atoms with van der Waals surface area (Å²) >= 11 is 0. The number of carboxylic acid groups (broad SMARTS) is 1. The average Bonchev–Trinajstić information content (AvgIpc) is 3.07. The van der Waals surface area contributed by atoms with Crippen LogP contribution in [0.25, 0.3) is 11.0 Å². The Labute approximate surface area is 141 Å². The van der Waals surface area contributed by atoms with Gasteiger partial charge in [-0.25, -0.2) is 14.6 Å². The number of H-pyrrole nitrogens is 1. The molecule has 0 saturated heterocycles. The highest BCUT2D eigenvalue weighted by molar-refractivity contribution is 5.97. The molecule has 8 nitrogen and oxygen atoms in total. The van der Waals surface area contributed by atoms with Gasteiger partial charge >= 0.3 is 11.9 Å². The van der Waals surface area contributed by atoms with Gasteiger partial charge in [0, 0.05) is 5.69 Å². The molecular weight excluding hydrogens is 326 g/mol. The third-order valence-corrected chi connectivity index (χ3v) is 3.41. The molecule has 0 bridgehead atoms. The van der Waals surface area contributed by atoms with Crippen LogP contribution >= 0.6 is 0 Å². The highest BCUT2D eigenvalue weighted by Gasteiger charge is 2.12. The Morgan fingerprint density at radius 1 is 1.08 bits per heavy atom. The summed E-state index contributed by atoms with van der Waals surface area (Å²) in [6, 6.07) is 10.5. The maximum Gasteiger partial charge on any atom is 0.338 e. The minimum atomic E-state index is -1.05. The summed E-state index contributed by atoms with van der Waals surface area (Å²) in [5.74, 6) is -2.21. The molecule has 8 heteroatoms. The first kappa shape index (κ1) is 16.2. The molecule has 1 heterocycles. The predicted molar refractivity (Wildman–Crippen MR) is 88.4 cm³/mol. The SMILES string of the molecule is O=C(COC(=O)c1ccc2nc[nH]c2c1)Nc1ccc(C(=O)O)cc1. The number of carboxylic acids is 1. The number of aromatic amines is 1. The summed E-state index contributed by atoms with van der Waals surface area (Å²) in [5.41, 5.74) is 2.23. The highest BCUT2D eigenvalue weighted by Crippen LogP contribution is 2.13. The lowest BCUT2D eigenvalue weighted by molar-refractivity contribution is -0.119. The number of anilines is 1. The minimum Gasteiger partial charge on any atom is -0.478 e. The van der Waals surface area contributed by atoms with Crippen molar-refractivity contribution < 1.29 is 24.2 Å². The van der Waals surface area contributed by atoms with Crippen LogP contribution < -0.4 is 5.32 Å². The molecule has 2 aromatic carbocycles. The van der Waals surface area contributed by atoms with Crippen molar-refractivity contribution in [1.29, 1.82) is 0 Å². The summed E-state index contributed by atoms with van der Waals surface area (Å²) in [5, 5.41) is 11.3. The molecule has 126 valence electrons. The molecule has 1 amide bonds. The van der Waals surface area contributed by atoms with Gasteiger partial charge in [-0.3, -0.25) is 4.79 Å². The van der Waals surface area contributed by atoms with Crippen LogP contribution in [0.2, 0.25) is 0 Å². The molecule has 0 radical (unpaired) electrons. The van der Waals surface area contributed by atoms with E-state index in [0.29, 0.717) is 16.8 Å². The fraction of sp³-hybridized carbons (Fsp3) is 0.0588. The number of rotatable bonds is 5. The van der Waals surface area contributed by atoms with Crippen molar-refractivity contribution in [2.75, 3.05) is 11.9 Å². The van der Waals surface area contributed by atoms with Gasteiger partial charge in [0.2, 0.25) is 0 Å². The Morgan fingerprint density at radius 3 is 2.52 bits per heavy atom. The number of esters is 1. The number of fused-ring (bicyclic) bond motifs is 1. The van der Waals surface area contributed by atoms with Gasteiger partial charge < -0.3 is 20.1 Å². The number of hydrogen-bond donors (Lipinski definition) is 3. The lowest BCUT2D eigenvalue weighted by Crippen LogP contribution is -2.21. The second-order valence-corrected chi connectivity index (χ2v) is 5.14. The van der Waals surface area contributed by atoms with E-state index in [0.717, 1.165) is 5.52 Å². The number of amides is 1. The number of hydrogen-bond acceptors (Lipinski definition) is 5. The first-order valence-corrected chi connectivity index (χ1v) is 7.26. The Bertz CT molecular complexity index is 946. The largest absolute Gasteiger partial charge is 0.478 e. The molecule has 0 spiro atoms. The van der Waals surface area contributed by atoms with E-state index in [-0.39, 0.29) is 5.56 Å². The van der Waals surface area contributed by atoms with Crippen molar-refractivity contribution in [3.63, 3.8) is 0 Å². The quantitative estimate of drug-likeness (QED) is 0.612. The molecule has 3 N–H and O–H groups in total. The predicted octanol–water partition coefficient (Wildman–Crippen LogP) is 2.06. The molecule has 3 rings (SSSR count). The van der Waals surface area contributed by atoms with Gasteiger partial charge in [-0.2, -0.15) is 0 Å².